The monoisotopic (exact) mass is 655 g/mol. The summed E-state index contributed by atoms with van der Waals surface area (Å²) in [5.41, 5.74) is 5.67. The second-order valence-corrected chi connectivity index (χ2v) is 12.6. The number of benzene rings is 4. The molecule has 0 bridgehead atoms. The van der Waals surface area contributed by atoms with Gasteiger partial charge in [-0.25, -0.2) is 0 Å². The van der Waals surface area contributed by atoms with E-state index in [2.05, 4.69) is 18.3 Å². The van der Waals surface area contributed by atoms with Gasteiger partial charge in [0.05, 0.1) is 25.9 Å². The van der Waals surface area contributed by atoms with E-state index >= 15 is 0 Å². The SMILES string of the molecule is COc1ccccc1SCC1OC(c2ccc(-c3ccccc3CNC(=O)C(C)OC(C)=O)cc2)OC(c2ccc(CO)cc2)C1C. The lowest BCUT2D eigenvalue weighted by Gasteiger charge is -2.41. The lowest BCUT2D eigenvalue weighted by Crippen LogP contribution is -2.38. The Morgan fingerprint density at radius 2 is 1.60 bits per heavy atom. The van der Waals surface area contributed by atoms with Crippen molar-refractivity contribution in [3.05, 3.63) is 119 Å². The van der Waals surface area contributed by atoms with Crippen LogP contribution < -0.4 is 10.1 Å². The number of methoxy groups -OCH3 is 1. The van der Waals surface area contributed by atoms with Crippen LogP contribution in [0.2, 0.25) is 0 Å². The Morgan fingerprint density at radius 1 is 0.915 bits per heavy atom. The third kappa shape index (κ3) is 8.61. The average Bonchev–Trinajstić information content (AvgIpc) is 3.10. The van der Waals surface area contributed by atoms with Gasteiger partial charge in [0, 0.05) is 35.6 Å². The third-order valence-electron chi connectivity index (χ3n) is 8.27. The molecule has 1 heterocycles. The summed E-state index contributed by atoms with van der Waals surface area (Å²) in [7, 11) is 1.68. The summed E-state index contributed by atoms with van der Waals surface area (Å²) in [6.07, 6.45) is -1.80. The van der Waals surface area contributed by atoms with Gasteiger partial charge in [-0.3, -0.25) is 9.59 Å². The highest BCUT2D eigenvalue weighted by molar-refractivity contribution is 7.99. The van der Waals surface area contributed by atoms with Gasteiger partial charge in [0.1, 0.15) is 5.75 Å². The number of rotatable bonds is 12. The number of nitrogens with one attached hydrogen (secondary N) is 1. The Kier molecular flexibility index (Phi) is 11.7. The minimum absolute atomic E-state index is 0.0134. The summed E-state index contributed by atoms with van der Waals surface area (Å²) in [6.45, 7) is 5.26. The Labute approximate surface area is 280 Å². The number of hydrogen-bond donors (Lipinski definition) is 2. The summed E-state index contributed by atoms with van der Waals surface area (Å²) in [4.78, 5) is 24.8. The van der Waals surface area contributed by atoms with Crippen LogP contribution in [-0.4, -0.2) is 42.1 Å². The standard InChI is InChI=1S/C38H41NO7S/c1-24-34(23-47-35-12-8-7-11-33(35)43-4)45-38(46-36(24)29-15-13-27(22-40)14-16-29)30-19-17-28(18-20-30)32-10-6-5-9-31(32)21-39-37(42)25(2)44-26(3)41/h5-20,24-25,34,36,38,40H,21-23H2,1-4H3,(H,39,42). The van der Waals surface area contributed by atoms with Gasteiger partial charge in [0.2, 0.25) is 0 Å². The number of aliphatic hydroxyl groups is 1. The van der Waals surface area contributed by atoms with Crippen molar-refractivity contribution in [2.75, 3.05) is 12.9 Å². The third-order valence-corrected chi connectivity index (χ3v) is 9.42. The van der Waals surface area contributed by atoms with Crippen LogP contribution in [0.4, 0.5) is 0 Å². The summed E-state index contributed by atoms with van der Waals surface area (Å²) < 4.78 is 23.9. The minimum Gasteiger partial charge on any atom is -0.496 e. The van der Waals surface area contributed by atoms with Crippen LogP contribution in [0.3, 0.4) is 0 Å². The quantitative estimate of drug-likeness (QED) is 0.124. The highest BCUT2D eigenvalue weighted by atomic mass is 32.2. The van der Waals surface area contributed by atoms with Gasteiger partial charge >= 0.3 is 5.97 Å². The fraction of sp³-hybridized carbons (Fsp3) is 0.316. The summed E-state index contributed by atoms with van der Waals surface area (Å²) in [6, 6.07) is 31.8. The van der Waals surface area contributed by atoms with Crippen LogP contribution in [0.25, 0.3) is 11.1 Å². The number of aliphatic hydroxyl groups excluding tert-OH is 1. The first-order valence-corrected chi connectivity index (χ1v) is 16.7. The van der Waals surface area contributed by atoms with E-state index in [1.54, 1.807) is 25.8 Å². The first-order chi connectivity index (χ1) is 22.8. The van der Waals surface area contributed by atoms with Crippen molar-refractivity contribution in [1.82, 2.24) is 5.32 Å². The molecule has 0 saturated carbocycles. The molecule has 1 aliphatic heterocycles. The van der Waals surface area contributed by atoms with Crippen molar-refractivity contribution in [3.8, 4) is 16.9 Å². The van der Waals surface area contributed by atoms with Gasteiger partial charge < -0.3 is 29.4 Å². The molecule has 1 amide bonds. The molecule has 0 aliphatic carbocycles. The van der Waals surface area contributed by atoms with Crippen molar-refractivity contribution >= 4 is 23.6 Å². The van der Waals surface area contributed by atoms with Gasteiger partial charge in [-0.15, -0.1) is 11.8 Å². The highest BCUT2D eigenvalue weighted by Gasteiger charge is 2.38. The number of thioether (sulfide) groups is 1. The Balaban J connectivity index is 1.35. The molecule has 9 heteroatoms. The highest BCUT2D eigenvalue weighted by Crippen LogP contribution is 2.44. The van der Waals surface area contributed by atoms with Gasteiger partial charge in [0.25, 0.3) is 5.91 Å². The molecule has 8 nitrogen and oxygen atoms in total. The van der Waals surface area contributed by atoms with E-state index in [9.17, 15) is 14.7 Å². The smallest absolute Gasteiger partial charge is 0.303 e. The molecular weight excluding hydrogens is 614 g/mol. The van der Waals surface area contributed by atoms with E-state index in [4.69, 9.17) is 18.9 Å². The topological polar surface area (TPSA) is 103 Å². The molecule has 47 heavy (non-hydrogen) atoms. The Bertz CT molecular complexity index is 1640. The molecule has 4 aromatic carbocycles. The first kappa shape index (κ1) is 34.2. The van der Waals surface area contributed by atoms with Crippen LogP contribution >= 0.6 is 11.8 Å². The maximum absolute atomic E-state index is 12.5. The molecule has 0 aromatic heterocycles. The maximum atomic E-state index is 12.5. The molecule has 0 spiro atoms. The average molecular weight is 656 g/mol. The lowest BCUT2D eigenvalue weighted by atomic mass is 9.91. The molecule has 0 radical (unpaired) electrons. The number of amides is 1. The van der Waals surface area contributed by atoms with E-state index in [-0.39, 0.29) is 37.2 Å². The van der Waals surface area contributed by atoms with Gasteiger partial charge in [-0.1, -0.05) is 91.9 Å². The van der Waals surface area contributed by atoms with Crippen LogP contribution in [0.1, 0.15) is 55.4 Å². The summed E-state index contributed by atoms with van der Waals surface area (Å²) >= 11 is 1.70. The van der Waals surface area contributed by atoms with Crippen LogP contribution in [0.15, 0.2) is 102 Å². The predicted molar refractivity (Wildman–Crippen MR) is 182 cm³/mol. The zero-order chi connectivity index (χ0) is 33.3. The van der Waals surface area contributed by atoms with E-state index < -0.39 is 18.4 Å². The number of para-hydroxylation sites is 1. The molecule has 1 aliphatic rings. The normalized spacial score (nSPS) is 19.9. The van der Waals surface area contributed by atoms with Crippen LogP contribution in [-0.2, 0) is 37.0 Å². The van der Waals surface area contributed by atoms with E-state index in [0.29, 0.717) is 5.75 Å². The number of hydrogen-bond acceptors (Lipinski definition) is 8. The number of esters is 1. The van der Waals surface area contributed by atoms with Gasteiger partial charge in [-0.2, -0.15) is 0 Å². The molecule has 5 unspecified atom stereocenters. The zero-order valence-electron chi connectivity index (χ0n) is 27.1. The van der Waals surface area contributed by atoms with Crippen molar-refractivity contribution in [2.45, 2.75) is 63.4 Å². The van der Waals surface area contributed by atoms with Gasteiger partial charge in [0.15, 0.2) is 12.4 Å². The fourth-order valence-corrected chi connectivity index (χ4v) is 6.82. The molecule has 1 saturated heterocycles. The number of carbonyl (C=O) groups is 2. The van der Waals surface area contributed by atoms with Crippen LogP contribution in [0.5, 0.6) is 5.75 Å². The van der Waals surface area contributed by atoms with Gasteiger partial charge in [-0.05, 0) is 46.9 Å². The predicted octanol–water partition coefficient (Wildman–Crippen LogP) is 7.01. The molecular formula is C38H41NO7S. The summed E-state index contributed by atoms with van der Waals surface area (Å²) in [5.74, 6) is 0.739. The van der Waals surface area contributed by atoms with Crippen molar-refractivity contribution < 1.29 is 33.6 Å². The molecule has 5 atom stereocenters. The van der Waals surface area contributed by atoms with Crippen molar-refractivity contribution in [1.29, 1.82) is 0 Å². The number of ether oxygens (including phenoxy) is 4. The van der Waals surface area contributed by atoms with E-state index in [0.717, 1.165) is 44.0 Å². The first-order valence-electron chi connectivity index (χ1n) is 15.7. The lowest BCUT2D eigenvalue weighted by molar-refractivity contribution is -0.268. The number of carbonyl (C=O) groups excluding carboxylic acids is 2. The molecule has 5 rings (SSSR count). The molecule has 1 fully saturated rings. The maximum Gasteiger partial charge on any atom is 0.303 e. The van der Waals surface area contributed by atoms with Crippen molar-refractivity contribution in [3.63, 3.8) is 0 Å². The van der Waals surface area contributed by atoms with Crippen LogP contribution in [0, 0.1) is 5.92 Å². The van der Waals surface area contributed by atoms with E-state index in [1.165, 1.54) is 6.92 Å². The van der Waals surface area contributed by atoms with Crippen molar-refractivity contribution in [2.24, 2.45) is 5.92 Å². The largest absolute Gasteiger partial charge is 0.496 e. The zero-order valence-corrected chi connectivity index (χ0v) is 27.9. The Morgan fingerprint density at radius 3 is 2.30 bits per heavy atom. The second kappa shape index (κ2) is 16.1. The molecule has 246 valence electrons. The Hall–Kier alpha value is -4.15. The second-order valence-electron chi connectivity index (χ2n) is 11.5. The molecule has 4 aromatic rings. The minimum atomic E-state index is -0.870. The summed E-state index contributed by atoms with van der Waals surface area (Å²) in [5, 5.41) is 12.4. The molecule has 2 N–H and O–H groups in total. The fourth-order valence-electron chi connectivity index (χ4n) is 5.62. The van der Waals surface area contributed by atoms with E-state index in [1.807, 2.05) is 91.0 Å².